The van der Waals surface area contributed by atoms with E-state index in [1.807, 2.05) is 19.1 Å². The highest BCUT2D eigenvalue weighted by atomic mass is 35.5. The zero-order valence-corrected chi connectivity index (χ0v) is 12.5. The number of para-hydroxylation sites is 1. The standard InChI is InChI=1S/C14H21N3O2.ClH/c1-11(15)13-7-4-5-9-16(13)10-12-6-2-3-8-14(12)17(18)19;/h2-3,6,8,11,13H,4-5,7,9-10,15H2,1H3;1H. The summed E-state index contributed by atoms with van der Waals surface area (Å²) in [5.74, 6) is 0. The Bertz CT molecular complexity index is 454. The van der Waals surface area contributed by atoms with Gasteiger partial charge in [-0.1, -0.05) is 24.6 Å². The lowest BCUT2D eigenvalue weighted by atomic mass is 9.96. The summed E-state index contributed by atoms with van der Waals surface area (Å²) < 4.78 is 0. The van der Waals surface area contributed by atoms with Crippen LogP contribution in [0.4, 0.5) is 5.69 Å². The molecule has 1 heterocycles. The van der Waals surface area contributed by atoms with Gasteiger partial charge in [0.15, 0.2) is 0 Å². The summed E-state index contributed by atoms with van der Waals surface area (Å²) in [7, 11) is 0. The number of rotatable bonds is 4. The molecule has 2 rings (SSSR count). The summed E-state index contributed by atoms with van der Waals surface area (Å²) in [5.41, 5.74) is 7.02. The van der Waals surface area contributed by atoms with Crippen molar-refractivity contribution in [2.75, 3.05) is 6.54 Å². The number of nitrogens with zero attached hydrogens (tertiary/aromatic N) is 2. The Balaban J connectivity index is 0.00000200. The number of nitro benzene ring substituents is 1. The summed E-state index contributed by atoms with van der Waals surface area (Å²) in [5, 5.41) is 11.0. The van der Waals surface area contributed by atoms with E-state index in [9.17, 15) is 10.1 Å². The van der Waals surface area contributed by atoms with Crippen molar-refractivity contribution < 1.29 is 4.92 Å². The molecule has 1 aromatic rings. The molecular weight excluding hydrogens is 278 g/mol. The minimum absolute atomic E-state index is 0. The third kappa shape index (κ3) is 3.91. The predicted octanol–water partition coefficient (Wildman–Crippen LogP) is 2.72. The molecule has 1 saturated heterocycles. The lowest BCUT2D eigenvalue weighted by Crippen LogP contribution is -2.48. The van der Waals surface area contributed by atoms with Crippen LogP contribution in [0.15, 0.2) is 24.3 Å². The van der Waals surface area contributed by atoms with Gasteiger partial charge in [-0.2, -0.15) is 0 Å². The number of nitrogens with two attached hydrogens (primary N) is 1. The average molecular weight is 300 g/mol. The van der Waals surface area contributed by atoms with E-state index in [-0.39, 0.29) is 29.1 Å². The molecule has 20 heavy (non-hydrogen) atoms. The second-order valence-corrected chi connectivity index (χ2v) is 5.28. The molecule has 1 fully saturated rings. The minimum atomic E-state index is -0.305. The Kier molecular flexibility index (Phi) is 6.39. The molecule has 112 valence electrons. The monoisotopic (exact) mass is 299 g/mol. The molecule has 6 heteroatoms. The van der Waals surface area contributed by atoms with Crippen LogP contribution >= 0.6 is 12.4 Å². The third-order valence-corrected chi connectivity index (χ3v) is 3.83. The van der Waals surface area contributed by atoms with Crippen LogP contribution < -0.4 is 5.73 Å². The lowest BCUT2D eigenvalue weighted by molar-refractivity contribution is -0.385. The predicted molar refractivity (Wildman–Crippen MR) is 82.0 cm³/mol. The highest BCUT2D eigenvalue weighted by molar-refractivity contribution is 5.85. The normalized spacial score (nSPS) is 21.0. The molecule has 1 aliphatic heterocycles. The number of hydrogen-bond acceptors (Lipinski definition) is 4. The molecular formula is C14H22ClN3O2. The van der Waals surface area contributed by atoms with Crippen molar-refractivity contribution in [3.63, 3.8) is 0 Å². The molecule has 1 aromatic carbocycles. The number of piperidine rings is 1. The van der Waals surface area contributed by atoms with E-state index in [0.717, 1.165) is 24.9 Å². The van der Waals surface area contributed by atoms with Gasteiger partial charge >= 0.3 is 0 Å². The molecule has 0 spiro atoms. The van der Waals surface area contributed by atoms with E-state index >= 15 is 0 Å². The smallest absolute Gasteiger partial charge is 0.273 e. The van der Waals surface area contributed by atoms with Crippen LogP contribution in [-0.4, -0.2) is 28.5 Å². The van der Waals surface area contributed by atoms with Crippen LogP contribution in [0.3, 0.4) is 0 Å². The Morgan fingerprint density at radius 1 is 1.45 bits per heavy atom. The van der Waals surface area contributed by atoms with Gasteiger partial charge in [0, 0.05) is 30.3 Å². The van der Waals surface area contributed by atoms with Gasteiger partial charge in [0.05, 0.1) is 4.92 Å². The molecule has 1 aliphatic rings. The second kappa shape index (κ2) is 7.57. The van der Waals surface area contributed by atoms with Crippen molar-refractivity contribution in [2.45, 2.75) is 44.8 Å². The van der Waals surface area contributed by atoms with Crippen molar-refractivity contribution in [2.24, 2.45) is 5.73 Å². The lowest BCUT2D eigenvalue weighted by Gasteiger charge is -2.37. The molecule has 0 saturated carbocycles. The van der Waals surface area contributed by atoms with Crippen LogP contribution in [-0.2, 0) is 6.54 Å². The maximum atomic E-state index is 11.0. The summed E-state index contributed by atoms with van der Waals surface area (Å²) in [6.45, 7) is 3.60. The number of likely N-dealkylation sites (tertiary alicyclic amines) is 1. The molecule has 5 nitrogen and oxygen atoms in total. The maximum absolute atomic E-state index is 11.0. The zero-order valence-electron chi connectivity index (χ0n) is 11.7. The van der Waals surface area contributed by atoms with Gasteiger partial charge in [-0.05, 0) is 26.3 Å². The van der Waals surface area contributed by atoms with Crippen LogP contribution in [0.25, 0.3) is 0 Å². The van der Waals surface area contributed by atoms with Gasteiger partial charge in [0.2, 0.25) is 0 Å². The quantitative estimate of drug-likeness (QED) is 0.685. The largest absolute Gasteiger partial charge is 0.327 e. The first-order valence-electron chi connectivity index (χ1n) is 6.81. The molecule has 0 radical (unpaired) electrons. The number of nitro groups is 1. The molecule has 0 aliphatic carbocycles. The number of halogens is 1. The first-order valence-corrected chi connectivity index (χ1v) is 6.81. The van der Waals surface area contributed by atoms with Crippen molar-refractivity contribution in [3.8, 4) is 0 Å². The fourth-order valence-electron chi connectivity index (χ4n) is 2.85. The van der Waals surface area contributed by atoms with Crippen LogP contribution in [0.1, 0.15) is 31.7 Å². The van der Waals surface area contributed by atoms with Gasteiger partial charge < -0.3 is 5.73 Å². The first-order chi connectivity index (χ1) is 9.09. The molecule has 0 amide bonds. The minimum Gasteiger partial charge on any atom is -0.327 e. The average Bonchev–Trinajstić information content (AvgIpc) is 2.39. The van der Waals surface area contributed by atoms with Gasteiger partial charge in [0.25, 0.3) is 5.69 Å². The highest BCUT2D eigenvalue weighted by Gasteiger charge is 2.27. The van der Waals surface area contributed by atoms with E-state index in [1.165, 1.54) is 6.42 Å². The number of hydrogen-bond donors (Lipinski definition) is 1. The summed E-state index contributed by atoms with van der Waals surface area (Å²) in [6, 6.07) is 7.40. The van der Waals surface area contributed by atoms with Gasteiger partial charge in [0.1, 0.15) is 0 Å². The van der Waals surface area contributed by atoms with Gasteiger partial charge in [-0.25, -0.2) is 0 Å². The van der Waals surface area contributed by atoms with Crippen LogP contribution in [0.5, 0.6) is 0 Å². The van der Waals surface area contributed by atoms with E-state index in [2.05, 4.69) is 4.90 Å². The topological polar surface area (TPSA) is 72.4 Å². The Morgan fingerprint density at radius 3 is 2.80 bits per heavy atom. The Labute approximate surface area is 125 Å². The SMILES string of the molecule is CC(N)C1CCCCN1Cc1ccccc1[N+](=O)[O-].Cl. The maximum Gasteiger partial charge on any atom is 0.273 e. The first kappa shape index (κ1) is 16.9. The summed E-state index contributed by atoms with van der Waals surface area (Å²) >= 11 is 0. The fraction of sp³-hybridized carbons (Fsp3) is 0.571. The van der Waals surface area contributed by atoms with Crippen molar-refractivity contribution in [1.82, 2.24) is 4.90 Å². The van der Waals surface area contributed by atoms with Crippen LogP contribution in [0, 0.1) is 10.1 Å². The van der Waals surface area contributed by atoms with Gasteiger partial charge in [-0.3, -0.25) is 15.0 Å². The Hall–Kier alpha value is -1.17. The van der Waals surface area contributed by atoms with E-state index in [4.69, 9.17) is 5.73 Å². The van der Waals surface area contributed by atoms with E-state index in [0.29, 0.717) is 12.6 Å². The van der Waals surface area contributed by atoms with Crippen LogP contribution in [0.2, 0.25) is 0 Å². The van der Waals surface area contributed by atoms with Crippen molar-refractivity contribution >= 4 is 18.1 Å². The third-order valence-electron chi connectivity index (χ3n) is 3.83. The molecule has 2 atom stereocenters. The second-order valence-electron chi connectivity index (χ2n) is 5.28. The fourth-order valence-corrected chi connectivity index (χ4v) is 2.85. The van der Waals surface area contributed by atoms with E-state index in [1.54, 1.807) is 12.1 Å². The Morgan fingerprint density at radius 2 is 2.15 bits per heavy atom. The van der Waals surface area contributed by atoms with Gasteiger partial charge in [-0.15, -0.1) is 12.4 Å². The van der Waals surface area contributed by atoms with Crippen molar-refractivity contribution in [3.05, 3.63) is 39.9 Å². The highest BCUT2D eigenvalue weighted by Crippen LogP contribution is 2.25. The molecule has 0 aromatic heterocycles. The zero-order chi connectivity index (χ0) is 13.8. The molecule has 2 unspecified atom stereocenters. The van der Waals surface area contributed by atoms with E-state index < -0.39 is 0 Å². The summed E-state index contributed by atoms with van der Waals surface area (Å²) in [6.07, 6.45) is 3.42. The number of benzene rings is 1. The summed E-state index contributed by atoms with van der Waals surface area (Å²) in [4.78, 5) is 13.0. The molecule has 2 N–H and O–H groups in total. The molecule has 0 bridgehead atoms. The van der Waals surface area contributed by atoms with Crippen molar-refractivity contribution in [1.29, 1.82) is 0 Å².